The van der Waals surface area contributed by atoms with Crippen LogP contribution in [0.15, 0.2) is 30.3 Å². The van der Waals surface area contributed by atoms with E-state index in [0.717, 1.165) is 12.0 Å². The van der Waals surface area contributed by atoms with Gasteiger partial charge in [-0.05, 0) is 25.8 Å². The molecule has 1 unspecified atom stereocenters. The van der Waals surface area contributed by atoms with Crippen LogP contribution in [0.1, 0.15) is 32.3 Å². The summed E-state index contributed by atoms with van der Waals surface area (Å²) in [5.74, 6) is 0.0569. The topological polar surface area (TPSA) is 58.2 Å². The second kappa shape index (κ2) is 5.43. The Morgan fingerprint density at radius 1 is 1.37 bits per heavy atom. The standard InChI is InChI=1S/C15H20N2O2/c1-15(2,11-6-4-3-5-7-11)14(19)16-10-12-8-9-13(18)17-12/h3-7,12H,8-10H2,1-2H3,(H,16,19)(H,17,18). The Morgan fingerprint density at radius 2 is 2.05 bits per heavy atom. The van der Waals surface area contributed by atoms with Crippen LogP contribution in [-0.2, 0) is 15.0 Å². The van der Waals surface area contributed by atoms with E-state index in [1.54, 1.807) is 0 Å². The van der Waals surface area contributed by atoms with Crippen LogP contribution in [0.4, 0.5) is 0 Å². The van der Waals surface area contributed by atoms with Crippen LogP contribution in [0, 0.1) is 0 Å². The molecule has 1 heterocycles. The molecular formula is C15H20N2O2. The summed E-state index contributed by atoms with van der Waals surface area (Å²) in [5, 5.41) is 5.78. The fraction of sp³-hybridized carbons (Fsp3) is 0.467. The Bertz CT molecular complexity index is 468. The lowest BCUT2D eigenvalue weighted by Gasteiger charge is -2.25. The van der Waals surface area contributed by atoms with Gasteiger partial charge >= 0.3 is 0 Å². The number of carbonyl (C=O) groups excluding carboxylic acids is 2. The van der Waals surface area contributed by atoms with Crippen molar-refractivity contribution in [1.29, 1.82) is 0 Å². The molecule has 4 nitrogen and oxygen atoms in total. The fourth-order valence-electron chi connectivity index (χ4n) is 2.25. The fourth-order valence-corrected chi connectivity index (χ4v) is 2.25. The van der Waals surface area contributed by atoms with Crippen molar-refractivity contribution in [3.63, 3.8) is 0 Å². The van der Waals surface area contributed by atoms with Crippen molar-refractivity contribution in [1.82, 2.24) is 10.6 Å². The highest BCUT2D eigenvalue weighted by molar-refractivity contribution is 5.87. The predicted octanol–water partition coefficient (Wildman–Crippen LogP) is 1.36. The van der Waals surface area contributed by atoms with E-state index in [4.69, 9.17) is 0 Å². The first kappa shape index (κ1) is 13.6. The molecule has 1 atom stereocenters. The summed E-state index contributed by atoms with van der Waals surface area (Å²) in [6.45, 7) is 4.32. The summed E-state index contributed by atoms with van der Waals surface area (Å²) in [5.41, 5.74) is 0.423. The molecule has 1 saturated heterocycles. The van der Waals surface area contributed by atoms with Crippen LogP contribution in [0.5, 0.6) is 0 Å². The van der Waals surface area contributed by atoms with Gasteiger partial charge in [0.15, 0.2) is 0 Å². The molecule has 1 aliphatic rings. The highest BCUT2D eigenvalue weighted by Gasteiger charge is 2.30. The Balaban J connectivity index is 1.94. The molecule has 2 amide bonds. The third-order valence-corrected chi connectivity index (χ3v) is 3.66. The molecule has 1 aliphatic heterocycles. The first-order valence-electron chi connectivity index (χ1n) is 6.63. The van der Waals surface area contributed by atoms with Crippen molar-refractivity contribution < 1.29 is 9.59 Å². The van der Waals surface area contributed by atoms with E-state index in [9.17, 15) is 9.59 Å². The van der Waals surface area contributed by atoms with Crippen LogP contribution in [-0.4, -0.2) is 24.4 Å². The summed E-state index contributed by atoms with van der Waals surface area (Å²) >= 11 is 0. The molecular weight excluding hydrogens is 240 g/mol. The first-order chi connectivity index (χ1) is 9.00. The van der Waals surface area contributed by atoms with Gasteiger partial charge < -0.3 is 10.6 Å². The summed E-state index contributed by atoms with van der Waals surface area (Å²) in [4.78, 5) is 23.4. The smallest absolute Gasteiger partial charge is 0.230 e. The van der Waals surface area contributed by atoms with Crippen LogP contribution in [0.2, 0.25) is 0 Å². The Labute approximate surface area is 113 Å². The molecule has 2 N–H and O–H groups in total. The van der Waals surface area contributed by atoms with Gasteiger partial charge in [-0.2, -0.15) is 0 Å². The van der Waals surface area contributed by atoms with Gasteiger partial charge in [0, 0.05) is 19.0 Å². The third kappa shape index (κ3) is 3.13. The van der Waals surface area contributed by atoms with Crippen LogP contribution >= 0.6 is 0 Å². The number of rotatable bonds is 4. The number of nitrogens with one attached hydrogen (secondary N) is 2. The summed E-state index contributed by atoms with van der Waals surface area (Å²) in [6, 6.07) is 9.78. The lowest BCUT2D eigenvalue weighted by Crippen LogP contribution is -2.45. The number of hydrogen-bond donors (Lipinski definition) is 2. The zero-order valence-electron chi connectivity index (χ0n) is 11.4. The second-order valence-electron chi connectivity index (χ2n) is 5.50. The quantitative estimate of drug-likeness (QED) is 0.858. The second-order valence-corrected chi connectivity index (χ2v) is 5.50. The molecule has 1 aromatic carbocycles. The van der Waals surface area contributed by atoms with Gasteiger partial charge in [-0.25, -0.2) is 0 Å². The van der Waals surface area contributed by atoms with E-state index in [2.05, 4.69) is 10.6 Å². The molecule has 0 aliphatic carbocycles. The van der Waals surface area contributed by atoms with Crippen molar-refractivity contribution in [3.05, 3.63) is 35.9 Å². The Kier molecular flexibility index (Phi) is 3.88. The van der Waals surface area contributed by atoms with Crippen LogP contribution in [0.3, 0.4) is 0 Å². The summed E-state index contributed by atoms with van der Waals surface area (Å²) < 4.78 is 0. The Hall–Kier alpha value is -1.84. The molecule has 0 saturated carbocycles. The summed E-state index contributed by atoms with van der Waals surface area (Å²) in [7, 11) is 0. The zero-order chi connectivity index (χ0) is 13.9. The van der Waals surface area contributed by atoms with Gasteiger partial charge in [0.1, 0.15) is 0 Å². The van der Waals surface area contributed by atoms with Gasteiger partial charge in [0.25, 0.3) is 0 Å². The van der Waals surface area contributed by atoms with Gasteiger partial charge in [0.2, 0.25) is 11.8 Å². The monoisotopic (exact) mass is 260 g/mol. The average Bonchev–Trinajstić information content (AvgIpc) is 2.82. The highest BCUT2D eigenvalue weighted by atomic mass is 16.2. The largest absolute Gasteiger partial charge is 0.353 e. The molecule has 0 bridgehead atoms. The van der Waals surface area contributed by atoms with E-state index in [1.807, 2.05) is 44.2 Å². The maximum absolute atomic E-state index is 12.3. The first-order valence-corrected chi connectivity index (χ1v) is 6.63. The van der Waals surface area contributed by atoms with Crippen LogP contribution < -0.4 is 10.6 Å². The molecule has 19 heavy (non-hydrogen) atoms. The number of benzene rings is 1. The maximum Gasteiger partial charge on any atom is 0.230 e. The van der Waals surface area contributed by atoms with Crippen LogP contribution in [0.25, 0.3) is 0 Å². The lowest BCUT2D eigenvalue weighted by molar-refractivity contribution is -0.126. The number of carbonyl (C=O) groups is 2. The minimum Gasteiger partial charge on any atom is -0.353 e. The van der Waals surface area contributed by atoms with E-state index < -0.39 is 5.41 Å². The normalized spacial score (nSPS) is 19.1. The molecule has 2 rings (SSSR count). The van der Waals surface area contributed by atoms with Crippen molar-refractivity contribution in [2.45, 2.75) is 38.1 Å². The lowest BCUT2D eigenvalue weighted by atomic mass is 9.83. The number of amides is 2. The zero-order valence-corrected chi connectivity index (χ0v) is 11.4. The SMILES string of the molecule is CC(C)(C(=O)NCC1CCC(=O)N1)c1ccccc1. The van der Waals surface area contributed by atoms with Crippen molar-refractivity contribution >= 4 is 11.8 Å². The average molecular weight is 260 g/mol. The van der Waals surface area contributed by atoms with Gasteiger partial charge in [-0.3, -0.25) is 9.59 Å². The molecule has 1 aromatic rings. The van der Waals surface area contributed by atoms with Crippen molar-refractivity contribution in [2.24, 2.45) is 0 Å². The predicted molar refractivity (Wildman–Crippen MR) is 73.6 cm³/mol. The van der Waals surface area contributed by atoms with E-state index in [-0.39, 0.29) is 17.9 Å². The van der Waals surface area contributed by atoms with Crippen molar-refractivity contribution in [3.8, 4) is 0 Å². The van der Waals surface area contributed by atoms with Gasteiger partial charge in [-0.15, -0.1) is 0 Å². The third-order valence-electron chi connectivity index (χ3n) is 3.66. The molecule has 0 radical (unpaired) electrons. The van der Waals surface area contributed by atoms with E-state index >= 15 is 0 Å². The minimum atomic E-state index is -0.566. The summed E-state index contributed by atoms with van der Waals surface area (Å²) in [6.07, 6.45) is 1.35. The van der Waals surface area contributed by atoms with Gasteiger partial charge in [0.05, 0.1) is 5.41 Å². The highest BCUT2D eigenvalue weighted by Crippen LogP contribution is 2.22. The molecule has 102 valence electrons. The molecule has 1 fully saturated rings. The minimum absolute atomic E-state index is 0.0140. The van der Waals surface area contributed by atoms with E-state index in [0.29, 0.717) is 13.0 Å². The van der Waals surface area contributed by atoms with Crippen molar-refractivity contribution in [2.75, 3.05) is 6.54 Å². The maximum atomic E-state index is 12.3. The molecule has 0 aromatic heterocycles. The Morgan fingerprint density at radius 3 is 2.63 bits per heavy atom. The van der Waals surface area contributed by atoms with Gasteiger partial charge in [-0.1, -0.05) is 30.3 Å². The molecule has 4 heteroatoms. The molecule has 0 spiro atoms. The van der Waals surface area contributed by atoms with E-state index in [1.165, 1.54) is 0 Å². The number of hydrogen-bond acceptors (Lipinski definition) is 2.